The summed E-state index contributed by atoms with van der Waals surface area (Å²) >= 11 is 0. The van der Waals surface area contributed by atoms with Gasteiger partial charge in [-0.1, -0.05) is 0 Å². The van der Waals surface area contributed by atoms with E-state index in [4.69, 9.17) is 10.5 Å². The van der Waals surface area contributed by atoms with Gasteiger partial charge < -0.3 is 20.1 Å². The smallest absolute Gasteiger partial charge is 0.141 e. The van der Waals surface area contributed by atoms with Gasteiger partial charge in [0.25, 0.3) is 0 Å². The lowest BCUT2D eigenvalue weighted by molar-refractivity contribution is 0.415. The van der Waals surface area contributed by atoms with Crippen molar-refractivity contribution in [3.05, 3.63) is 36.4 Å². The number of ether oxygens (including phenoxy) is 1. The van der Waals surface area contributed by atoms with Crippen LogP contribution in [-0.2, 0) is 6.54 Å². The molecule has 5 nitrogen and oxygen atoms in total. The molecule has 3 aromatic rings. The van der Waals surface area contributed by atoms with Gasteiger partial charge in [0.05, 0.1) is 23.8 Å². The zero-order chi connectivity index (χ0) is 15.0. The highest BCUT2D eigenvalue weighted by Gasteiger charge is 2.13. The Morgan fingerprint density at radius 1 is 1.24 bits per heavy atom. The van der Waals surface area contributed by atoms with Gasteiger partial charge in [0.2, 0.25) is 0 Å². The van der Waals surface area contributed by atoms with E-state index in [-0.39, 0.29) is 5.75 Å². The minimum Gasteiger partial charge on any atom is -0.506 e. The number of methoxy groups -OCH3 is 1. The molecule has 0 saturated heterocycles. The zero-order valence-electron chi connectivity index (χ0n) is 12.0. The molecule has 0 unspecified atom stereocenters. The molecule has 0 bridgehead atoms. The average molecular weight is 283 g/mol. The lowest BCUT2D eigenvalue weighted by Crippen LogP contribution is -1.97. The summed E-state index contributed by atoms with van der Waals surface area (Å²) in [5, 5.41) is 9.80. The molecule has 0 radical (unpaired) electrons. The lowest BCUT2D eigenvalue weighted by atomic mass is 10.2. The summed E-state index contributed by atoms with van der Waals surface area (Å²) in [7, 11) is 1.64. The van der Waals surface area contributed by atoms with Crippen LogP contribution in [0.2, 0.25) is 0 Å². The van der Waals surface area contributed by atoms with Crippen LogP contribution in [0, 0.1) is 0 Å². The highest BCUT2D eigenvalue weighted by atomic mass is 16.5. The molecule has 1 heterocycles. The fraction of sp³-hybridized carbons (Fsp3) is 0.188. The summed E-state index contributed by atoms with van der Waals surface area (Å²) in [5.74, 6) is 1.64. The summed E-state index contributed by atoms with van der Waals surface area (Å²) in [6.07, 6.45) is 0. The lowest BCUT2D eigenvalue weighted by Gasteiger charge is -2.07. The number of aromatic hydroxyl groups is 1. The minimum absolute atomic E-state index is 0.0692. The quantitative estimate of drug-likeness (QED) is 0.572. The monoisotopic (exact) mass is 283 g/mol. The Hall–Kier alpha value is -2.69. The molecule has 3 rings (SSSR count). The van der Waals surface area contributed by atoms with Crippen LogP contribution in [0.15, 0.2) is 36.4 Å². The minimum atomic E-state index is 0.0692. The molecular weight excluding hydrogens is 266 g/mol. The second-order valence-corrected chi connectivity index (χ2v) is 4.81. The van der Waals surface area contributed by atoms with Gasteiger partial charge in [0.1, 0.15) is 17.3 Å². The van der Waals surface area contributed by atoms with Crippen molar-refractivity contribution in [2.45, 2.75) is 13.5 Å². The molecule has 0 aliphatic carbocycles. The van der Waals surface area contributed by atoms with E-state index < -0.39 is 0 Å². The van der Waals surface area contributed by atoms with Gasteiger partial charge in [-0.15, -0.1) is 0 Å². The SMILES string of the molecule is CCn1c(-c2ccc(N)c(O)c2)nc2cc(OC)ccc21. The van der Waals surface area contributed by atoms with E-state index in [0.29, 0.717) is 5.69 Å². The van der Waals surface area contributed by atoms with Crippen LogP contribution in [-0.4, -0.2) is 21.8 Å². The number of anilines is 1. The van der Waals surface area contributed by atoms with Gasteiger partial charge in [0, 0.05) is 18.2 Å². The predicted octanol–water partition coefficient (Wildman–Crippen LogP) is 3.02. The molecule has 0 fully saturated rings. The first-order chi connectivity index (χ1) is 10.1. The van der Waals surface area contributed by atoms with E-state index >= 15 is 0 Å². The number of nitrogens with two attached hydrogens (primary N) is 1. The fourth-order valence-corrected chi connectivity index (χ4v) is 2.46. The van der Waals surface area contributed by atoms with Crippen LogP contribution in [0.25, 0.3) is 22.4 Å². The number of fused-ring (bicyclic) bond motifs is 1. The molecule has 2 aromatic carbocycles. The van der Waals surface area contributed by atoms with E-state index in [1.165, 1.54) is 0 Å². The number of phenolic OH excluding ortho intramolecular Hbond substituents is 1. The molecule has 0 amide bonds. The largest absolute Gasteiger partial charge is 0.506 e. The number of rotatable bonds is 3. The summed E-state index contributed by atoms with van der Waals surface area (Å²) in [6.45, 7) is 2.84. The van der Waals surface area contributed by atoms with E-state index in [2.05, 4.69) is 16.5 Å². The second-order valence-electron chi connectivity index (χ2n) is 4.81. The Morgan fingerprint density at radius 3 is 2.71 bits per heavy atom. The number of benzene rings is 2. The highest BCUT2D eigenvalue weighted by Crippen LogP contribution is 2.31. The van der Waals surface area contributed by atoms with Gasteiger partial charge in [0.15, 0.2) is 0 Å². The number of hydrogen-bond acceptors (Lipinski definition) is 4. The Kier molecular flexibility index (Phi) is 3.17. The maximum atomic E-state index is 9.80. The maximum Gasteiger partial charge on any atom is 0.141 e. The van der Waals surface area contributed by atoms with E-state index in [1.54, 1.807) is 19.2 Å². The van der Waals surface area contributed by atoms with Crippen molar-refractivity contribution in [2.24, 2.45) is 0 Å². The number of nitrogens with zero attached hydrogens (tertiary/aromatic N) is 2. The first-order valence-corrected chi connectivity index (χ1v) is 6.77. The van der Waals surface area contributed by atoms with Crippen LogP contribution in [0.3, 0.4) is 0 Å². The highest BCUT2D eigenvalue weighted by molar-refractivity contribution is 5.82. The molecule has 108 valence electrons. The Balaban J connectivity index is 2.23. The Morgan fingerprint density at radius 2 is 2.05 bits per heavy atom. The molecule has 0 aliphatic rings. The number of imidazole rings is 1. The van der Waals surface area contributed by atoms with Gasteiger partial charge in [-0.2, -0.15) is 0 Å². The summed E-state index contributed by atoms with van der Waals surface area (Å²) < 4.78 is 7.34. The number of aryl methyl sites for hydroxylation is 1. The third-order valence-electron chi connectivity index (χ3n) is 3.56. The van der Waals surface area contributed by atoms with Crippen LogP contribution >= 0.6 is 0 Å². The third kappa shape index (κ3) is 2.16. The van der Waals surface area contributed by atoms with Crippen molar-refractivity contribution in [1.82, 2.24) is 9.55 Å². The van der Waals surface area contributed by atoms with Crippen LogP contribution < -0.4 is 10.5 Å². The van der Waals surface area contributed by atoms with Crippen LogP contribution in [0.4, 0.5) is 5.69 Å². The van der Waals surface area contributed by atoms with Crippen molar-refractivity contribution < 1.29 is 9.84 Å². The molecule has 0 spiro atoms. The van der Waals surface area contributed by atoms with Crippen molar-refractivity contribution in [3.8, 4) is 22.9 Å². The number of hydrogen-bond donors (Lipinski definition) is 2. The normalized spacial score (nSPS) is 11.0. The molecule has 0 atom stereocenters. The molecule has 3 N–H and O–H groups in total. The summed E-state index contributed by atoms with van der Waals surface area (Å²) in [4.78, 5) is 4.66. The standard InChI is InChI=1S/C16H17N3O2/c1-3-19-14-7-5-11(21-2)9-13(14)18-16(19)10-4-6-12(17)15(20)8-10/h4-9,20H,3,17H2,1-2H3. The maximum absolute atomic E-state index is 9.80. The summed E-state index contributed by atoms with van der Waals surface area (Å²) in [6, 6.07) is 11.0. The van der Waals surface area contributed by atoms with Gasteiger partial charge in [-0.05, 0) is 37.3 Å². The van der Waals surface area contributed by atoms with Crippen molar-refractivity contribution in [3.63, 3.8) is 0 Å². The van der Waals surface area contributed by atoms with E-state index in [0.717, 1.165) is 34.7 Å². The van der Waals surface area contributed by atoms with Crippen LogP contribution in [0.1, 0.15) is 6.92 Å². The van der Waals surface area contributed by atoms with Gasteiger partial charge in [-0.25, -0.2) is 4.98 Å². The van der Waals surface area contributed by atoms with Crippen molar-refractivity contribution in [1.29, 1.82) is 0 Å². The molecule has 0 aliphatic heterocycles. The molecule has 1 aromatic heterocycles. The van der Waals surface area contributed by atoms with E-state index in [1.807, 2.05) is 24.3 Å². The predicted molar refractivity (Wildman–Crippen MR) is 83.5 cm³/mol. The second kappa shape index (κ2) is 5.01. The number of phenols is 1. The van der Waals surface area contributed by atoms with Gasteiger partial charge >= 0.3 is 0 Å². The molecule has 0 saturated carbocycles. The van der Waals surface area contributed by atoms with Crippen LogP contribution in [0.5, 0.6) is 11.5 Å². The zero-order valence-corrected chi connectivity index (χ0v) is 12.0. The first kappa shape index (κ1) is 13.3. The molecular formula is C16H17N3O2. The number of nitrogen functional groups attached to an aromatic ring is 1. The molecule has 5 heteroatoms. The van der Waals surface area contributed by atoms with Crippen molar-refractivity contribution >= 4 is 16.7 Å². The Bertz CT molecular complexity index is 809. The summed E-state index contributed by atoms with van der Waals surface area (Å²) in [5.41, 5.74) is 8.74. The number of aromatic nitrogens is 2. The average Bonchev–Trinajstić information content (AvgIpc) is 2.87. The fourth-order valence-electron chi connectivity index (χ4n) is 2.46. The van der Waals surface area contributed by atoms with E-state index in [9.17, 15) is 5.11 Å². The Labute approximate surface area is 122 Å². The first-order valence-electron chi connectivity index (χ1n) is 6.77. The van der Waals surface area contributed by atoms with Gasteiger partial charge in [-0.3, -0.25) is 0 Å². The van der Waals surface area contributed by atoms with Crippen molar-refractivity contribution in [2.75, 3.05) is 12.8 Å². The third-order valence-corrected chi connectivity index (χ3v) is 3.56. The topological polar surface area (TPSA) is 73.3 Å². The molecule has 21 heavy (non-hydrogen) atoms.